The van der Waals surface area contributed by atoms with Gasteiger partial charge in [0.15, 0.2) is 5.82 Å². The lowest BCUT2D eigenvalue weighted by Gasteiger charge is -2.40. The number of nitrogens with zero attached hydrogens (tertiary/aromatic N) is 6. The smallest absolute Gasteiger partial charge is 0.173 e. The molecule has 1 saturated heterocycles. The predicted molar refractivity (Wildman–Crippen MR) is 128 cm³/mol. The SMILES string of the molecule is COc1ccccc1N1CCN(C(c2ccccc2F)c2nnnn2Cc2ccc(F)cc2)CC1. The zero-order valence-electron chi connectivity index (χ0n) is 19.4. The van der Waals surface area contributed by atoms with Crippen molar-refractivity contribution in [3.8, 4) is 5.75 Å². The molecular weight excluding hydrogens is 450 g/mol. The molecule has 180 valence electrons. The number of ether oxygens (including phenoxy) is 1. The van der Waals surface area contributed by atoms with Crippen LogP contribution in [0.3, 0.4) is 0 Å². The van der Waals surface area contributed by atoms with Gasteiger partial charge in [0.05, 0.1) is 19.3 Å². The van der Waals surface area contributed by atoms with Gasteiger partial charge in [0.2, 0.25) is 0 Å². The van der Waals surface area contributed by atoms with Crippen molar-refractivity contribution < 1.29 is 13.5 Å². The Kier molecular flexibility index (Phi) is 6.67. The van der Waals surface area contributed by atoms with Gasteiger partial charge in [-0.2, -0.15) is 0 Å². The van der Waals surface area contributed by atoms with E-state index in [4.69, 9.17) is 4.74 Å². The summed E-state index contributed by atoms with van der Waals surface area (Å²) in [6.45, 7) is 3.20. The summed E-state index contributed by atoms with van der Waals surface area (Å²) in [7, 11) is 1.67. The molecule has 3 aromatic carbocycles. The lowest BCUT2D eigenvalue weighted by atomic mass is 10.0. The van der Waals surface area contributed by atoms with Gasteiger partial charge in [0, 0.05) is 31.7 Å². The fourth-order valence-corrected chi connectivity index (χ4v) is 4.59. The lowest BCUT2D eigenvalue weighted by Crippen LogP contribution is -2.48. The number of methoxy groups -OCH3 is 1. The van der Waals surface area contributed by atoms with E-state index in [1.165, 1.54) is 18.2 Å². The van der Waals surface area contributed by atoms with Gasteiger partial charge in [-0.05, 0) is 46.3 Å². The van der Waals surface area contributed by atoms with Crippen LogP contribution >= 0.6 is 0 Å². The van der Waals surface area contributed by atoms with Gasteiger partial charge in [0.25, 0.3) is 0 Å². The summed E-state index contributed by atoms with van der Waals surface area (Å²) in [5, 5.41) is 12.4. The molecule has 0 N–H and O–H groups in total. The van der Waals surface area contributed by atoms with Crippen molar-refractivity contribution in [1.82, 2.24) is 25.1 Å². The van der Waals surface area contributed by atoms with Crippen molar-refractivity contribution in [1.29, 1.82) is 0 Å². The van der Waals surface area contributed by atoms with E-state index in [0.29, 0.717) is 31.0 Å². The fraction of sp³-hybridized carbons (Fsp3) is 0.269. The van der Waals surface area contributed by atoms with Gasteiger partial charge in [-0.15, -0.1) is 5.10 Å². The highest BCUT2D eigenvalue weighted by Gasteiger charge is 2.32. The summed E-state index contributed by atoms with van der Waals surface area (Å²) in [6, 6.07) is 20.4. The topological polar surface area (TPSA) is 59.3 Å². The Labute approximate surface area is 202 Å². The third-order valence-electron chi connectivity index (χ3n) is 6.35. The van der Waals surface area contributed by atoms with Crippen LogP contribution in [0.25, 0.3) is 0 Å². The average molecular weight is 477 g/mol. The van der Waals surface area contributed by atoms with E-state index in [9.17, 15) is 4.39 Å². The van der Waals surface area contributed by atoms with Gasteiger partial charge < -0.3 is 9.64 Å². The number of benzene rings is 3. The number of piperazine rings is 1. The van der Waals surface area contributed by atoms with Crippen LogP contribution in [0, 0.1) is 11.6 Å². The first-order valence-corrected chi connectivity index (χ1v) is 11.5. The number of hydrogen-bond donors (Lipinski definition) is 0. The highest BCUT2D eigenvalue weighted by Crippen LogP contribution is 2.33. The summed E-state index contributed by atoms with van der Waals surface area (Å²) in [4.78, 5) is 4.48. The standard InChI is InChI=1S/C26H26F2N6O/c1-35-24-9-5-4-8-23(24)32-14-16-33(17-15-32)25(21-6-2-3-7-22(21)28)26-29-30-31-34(26)18-19-10-12-20(27)13-11-19/h2-13,25H,14-18H2,1H3. The molecule has 2 heterocycles. The largest absolute Gasteiger partial charge is 0.495 e. The molecule has 1 aromatic heterocycles. The molecule has 1 unspecified atom stereocenters. The zero-order chi connectivity index (χ0) is 24.2. The first kappa shape index (κ1) is 22.9. The maximum absolute atomic E-state index is 15.1. The first-order valence-electron chi connectivity index (χ1n) is 11.5. The van der Waals surface area contributed by atoms with Crippen LogP contribution in [0.1, 0.15) is 23.0 Å². The van der Waals surface area contributed by atoms with Crippen molar-refractivity contribution in [2.24, 2.45) is 0 Å². The molecule has 1 aliphatic heterocycles. The lowest BCUT2D eigenvalue weighted by molar-refractivity contribution is 0.197. The Balaban J connectivity index is 1.44. The van der Waals surface area contributed by atoms with Crippen LogP contribution in [-0.4, -0.2) is 58.4 Å². The van der Waals surface area contributed by atoms with E-state index in [1.807, 2.05) is 30.3 Å². The Morgan fingerprint density at radius 3 is 2.34 bits per heavy atom. The van der Waals surface area contributed by atoms with Crippen molar-refractivity contribution in [2.45, 2.75) is 12.6 Å². The zero-order valence-corrected chi connectivity index (χ0v) is 19.4. The van der Waals surface area contributed by atoms with Crippen molar-refractivity contribution in [3.05, 3.63) is 101 Å². The molecule has 1 fully saturated rings. The normalized spacial score (nSPS) is 15.2. The number of tetrazole rings is 1. The second kappa shape index (κ2) is 10.2. The fourth-order valence-electron chi connectivity index (χ4n) is 4.59. The highest BCUT2D eigenvalue weighted by atomic mass is 19.1. The second-order valence-electron chi connectivity index (χ2n) is 8.44. The molecule has 0 aliphatic carbocycles. The van der Waals surface area contributed by atoms with E-state index < -0.39 is 6.04 Å². The summed E-state index contributed by atoms with van der Waals surface area (Å²) < 4.78 is 35.6. The molecule has 0 bridgehead atoms. The number of halogens is 2. The maximum atomic E-state index is 15.1. The maximum Gasteiger partial charge on any atom is 0.173 e. The quantitative estimate of drug-likeness (QED) is 0.403. The summed E-state index contributed by atoms with van der Waals surface area (Å²) >= 11 is 0. The van der Waals surface area contributed by atoms with Gasteiger partial charge in [-0.25, -0.2) is 13.5 Å². The number of rotatable bonds is 7. The van der Waals surface area contributed by atoms with Crippen molar-refractivity contribution in [2.75, 3.05) is 38.2 Å². The molecule has 7 nitrogen and oxygen atoms in total. The summed E-state index contributed by atoms with van der Waals surface area (Å²) in [5.41, 5.74) is 2.42. The molecule has 4 aromatic rings. The second-order valence-corrected chi connectivity index (χ2v) is 8.44. The first-order chi connectivity index (χ1) is 17.1. The molecule has 5 rings (SSSR count). The predicted octanol–water partition coefficient (Wildman–Crippen LogP) is 3.92. The van der Waals surface area contributed by atoms with Gasteiger partial charge in [-0.1, -0.05) is 42.5 Å². The Morgan fingerprint density at radius 1 is 0.886 bits per heavy atom. The summed E-state index contributed by atoms with van der Waals surface area (Å²) in [6.07, 6.45) is 0. The third kappa shape index (κ3) is 4.85. The number of aromatic nitrogens is 4. The van der Waals surface area contributed by atoms with Crippen LogP contribution in [0.5, 0.6) is 5.75 Å². The van der Waals surface area contributed by atoms with Crippen molar-refractivity contribution in [3.63, 3.8) is 0 Å². The van der Waals surface area contributed by atoms with E-state index in [-0.39, 0.29) is 11.6 Å². The van der Waals surface area contributed by atoms with E-state index in [0.717, 1.165) is 30.1 Å². The molecule has 0 saturated carbocycles. The van der Waals surface area contributed by atoms with Crippen LogP contribution in [0.15, 0.2) is 72.8 Å². The van der Waals surface area contributed by atoms with Gasteiger partial charge in [0.1, 0.15) is 23.4 Å². The van der Waals surface area contributed by atoms with Crippen LogP contribution in [0.2, 0.25) is 0 Å². The minimum absolute atomic E-state index is 0.303. The summed E-state index contributed by atoms with van der Waals surface area (Å²) in [5.74, 6) is 0.767. The molecule has 35 heavy (non-hydrogen) atoms. The molecular formula is C26H26F2N6O. The molecule has 1 atom stereocenters. The monoisotopic (exact) mass is 476 g/mol. The van der Waals surface area contributed by atoms with Gasteiger partial charge >= 0.3 is 0 Å². The van der Waals surface area contributed by atoms with Gasteiger partial charge in [-0.3, -0.25) is 4.90 Å². The molecule has 0 amide bonds. The molecule has 1 aliphatic rings. The Morgan fingerprint density at radius 2 is 1.60 bits per heavy atom. The molecule has 0 radical (unpaired) electrons. The minimum atomic E-state index is -0.466. The number of anilines is 1. The van der Waals surface area contributed by atoms with Crippen LogP contribution < -0.4 is 9.64 Å². The average Bonchev–Trinajstić information content (AvgIpc) is 3.34. The third-order valence-corrected chi connectivity index (χ3v) is 6.35. The molecule has 0 spiro atoms. The van der Waals surface area contributed by atoms with E-state index >= 15 is 4.39 Å². The number of hydrogen-bond acceptors (Lipinski definition) is 6. The van der Waals surface area contributed by atoms with Crippen molar-refractivity contribution >= 4 is 5.69 Å². The Hall–Kier alpha value is -3.85. The highest BCUT2D eigenvalue weighted by molar-refractivity contribution is 5.58. The number of para-hydroxylation sites is 2. The minimum Gasteiger partial charge on any atom is -0.495 e. The Bertz CT molecular complexity index is 1270. The van der Waals surface area contributed by atoms with Crippen LogP contribution in [0.4, 0.5) is 14.5 Å². The van der Waals surface area contributed by atoms with Crippen LogP contribution in [-0.2, 0) is 6.54 Å². The molecule has 9 heteroatoms. The van der Waals surface area contributed by atoms with E-state index in [1.54, 1.807) is 36.1 Å². The van der Waals surface area contributed by atoms with E-state index in [2.05, 4.69) is 25.3 Å².